The first-order chi connectivity index (χ1) is 10.1. The number of quaternary nitrogens is 1. The minimum absolute atomic E-state index is 0.156. The SMILES string of the molecule is CCC[NH+]1CCc2c(sc(NC(C)=O)c2C(=O)OCC)C1. The van der Waals surface area contributed by atoms with E-state index < -0.39 is 0 Å². The van der Waals surface area contributed by atoms with Gasteiger partial charge in [0.15, 0.2) is 0 Å². The van der Waals surface area contributed by atoms with Gasteiger partial charge < -0.3 is 15.0 Å². The molecule has 0 fully saturated rings. The van der Waals surface area contributed by atoms with E-state index in [2.05, 4.69) is 12.2 Å². The van der Waals surface area contributed by atoms with Crippen LogP contribution in [0.2, 0.25) is 0 Å². The van der Waals surface area contributed by atoms with Gasteiger partial charge in [0.25, 0.3) is 0 Å². The maximum absolute atomic E-state index is 12.2. The Bertz CT molecular complexity index is 539. The van der Waals surface area contributed by atoms with E-state index in [1.807, 2.05) is 0 Å². The first kappa shape index (κ1) is 16.0. The number of carbonyl (C=O) groups is 2. The number of carbonyl (C=O) groups excluding carboxylic acids is 2. The Kier molecular flexibility index (Phi) is 5.36. The summed E-state index contributed by atoms with van der Waals surface area (Å²) < 4.78 is 5.16. The average Bonchev–Trinajstić information content (AvgIpc) is 2.75. The number of nitrogens with one attached hydrogen (secondary N) is 2. The summed E-state index contributed by atoms with van der Waals surface area (Å²) in [5.41, 5.74) is 1.64. The first-order valence-corrected chi connectivity index (χ1v) is 8.31. The Labute approximate surface area is 129 Å². The fourth-order valence-electron chi connectivity index (χ4n) is 2.77. The molecule has 0 aliphatic carbocycles. The average molecular weight is 311 g/mol. The van der Waals surface area contributed by atoms with Crippen molar-refractivity contribution in [3.05, 3.63) is 16.0 Å². The fourth-order valence-corrected chi connectivity index (χ4v) is 4.12. The van der Waals surface area contributed by atoms with Gasteiger partial charge in [0, 0.05) is 13.3 Å². The van der Waals surface area contributed by atoms with Crippen molar-refractivity contribution < 1.29 is 19.2 Å². The van der Waals surface area contributed by atoms with Crippen molar-refractivity contribution in [2.45, 2.75) is 40.2 Å². The highest BCUT2D eigenvalue weighted by molar-refractivity contribution is 7.16. The molecule has 0 saturated carbocycles. The number of rotatable bonds is 5. The van der Waals surface area contributed by atoms with Gasteiger partial charge in [0.1, 0.15) is 11.5 Å². The lowest BCUT2D eigenvalue weighted by molar-refractivity contribution is -0.915. The van der Waals surface area contributed by atoms with Crippen LogP contribution in [-0.4, -0.2) is 31.6 Å². The summed E-state index contributed by atoms with van der Waals surface area (Å²) >= 11 is 1.52. The van der Waals surface area contributed by atoms with Crippen LogP contribution in [0.1, 0.15) is 48.0 Å². The third-order valence-electron chi connectivity index (χ3n) is 3.60. The van der Waals surface area contributed by atoms with E-state index in [0.29, 0.717) is 17.2 Å². The molecule has 1 amide bonds. The minimum atomic E-state index is -0.322. The van der Waals surface area contributed by atoms with E-state index in [0.717, 1.165) is 38.0 Å². The van der Waals surface area contributed by atoms with E-state index in [-0.39, 0.29) is 11.9 Å². The third kappa shape index (κ3) is 3.63. The van der Waals surface area contributed by atoms with Crippen LogP contribution in [0, 0.1) is 0 Å². The number of fused-ring (bicyclic) bond motifs is 1. The van der Waals surface area contributed by atoms with Crippen molar-refractivity contribution in [3.8, 4) is 0 Å². The molecule has 1 aliphatic rings. The summed E-state index contributed by atoms with van der Waals surface area (Å²) in [6, 6.07) is 0. The van der Waals surface area contributed by atoms with Crippen LogP contribution in [0.5, 0.6) is 0 Å². The Hall–Kier alpha value is -1.40. The molecule has 116 valence electrons. The molecule has 1 aromatic rings. The largest absolute Gasteiger partial charge is 0.462 e. The molecule has 2 heterocycles. The van der Waals surface area contributed by atoms with Crippen LogP contribution < -0.4 is 10.2 Å². The van der Waals surface area contributed by atoms with Crippen molar-refractivity contribution in [1.29, 1.82) is 0 Å². The number of amides is 1. The number of hydrogen-bond acceptors (Lipinski definition) is 4. The lowest BCUT2D eigenvalue weighted by Crippen LogP contribution is -3.11. The molecular formula is C15H23N2O3S+. The van der Waals surface area contributed by atoms with Gasteiger partial charge in [-0.1, -0.05) is 6.92 Å². The lowest BCUT2D eigenvalue weighted by Gasteiger charge is -2.23. The Morgan fingerprint density at radius 3 is 2.76 bits per heavy atom. The molecule has 5 nitrogen and oxygen atoms in total. The van der Waals surface area contributed by atoms with Crippen molar-refractivity contribution in [2.75, 3.05) is 25.0 Å². The molecule has 2 N–H and O–H groups in total. The second-order valence-corrected chi connectivity index (χ2v) is 6.39. The molecule has 1 atom stereocenters. The number of ether oxygens (including phenoxy) is 1. The highest BCUT2D eigenvalue weighted by Crippen LogP contribution is 2.35. The molecule has 1 aliphatic heterocycles. The predicted octanol–water partition coefficient (Wildman–Crippen LogP) is 1.23. The molecule has 1 unspecified atom stereocenters. The molecule has 0 spiro atoms. The lowest BCUT2D eigenvalue weighted by atomic mass is 10.0. The van der Waals surface area contributed by atoms with Crippen LogP contribution in [0.15, 0.2) is 0 Å². The number of anilines is 1. The zero-order chi connectivity index (χ0) is 15.4. The molecule has 0 saturated heterocycles. The zero-order valence-corrected chi connectivity index (χ0v) is 13.7. The summed E-state index contributed by atoms with van der Waals surface area (Å²) in [5.74, 6) is -0.477. The quantitative estimate of drug-likeness (QED) is 0.804. The normalized spacial score (nSPS) is 17.2. The summed E-state index contributed by atoms with van der Waals surface area (Å²) in [5, 5.41) is 3.43. The predicted molar refractivity (Wildman–Crippen MR) is 83.0 cm³/mol. The van der Waals surface area contributed by atoms with Gasteiger partial charge >= 0.3 is 5.97 Å². The number of hydrogen-bond donors (Lipinski definition) is 2. The van der Waals surface area contributed by atoms with E-state index in [1.165, 1.54) is 28.0 Å². The Balaban J connectivity index is 2.33. The van der Waals surface area contributed by atoms with Gasteiger partial charge in [-0.05, 0) is 18.9 Å². The van der Waals surface area contributed by atoms with Crippen molar-refractivity contribution in [2.24, 2.45) is 0 Å². The second-order valence-electron chi connectivity index (χ2n) is 5.29. The topological polar surface area (TPSA) is 59.8 Å². The van der Waals surface area contributed by atoms with E-state index in [1.54, 1.807) is 6.92 Å². The van der Waals surface area contributed by atoms with Crippen molar-refractivity contribution >= 4 is 28.2 Å². The van der Waals surface area contributed by atoms with Crippen LogP contribution in [0.4, 0.5) is 5.00 Å². The molecule has 0 radical (unpaired) electrons. The molecule has 6 heteroatoms. The van der Waals surface area contributed by atoms with Gasteiger partial charge in [-0.25, -0.2) is 4.79 Å². The summed E-state index contributed by atoms with van der Waals surface area (Å²) in [6.07, 6.45) is 2.02. The highest BCUT2D eigenvalue weighted by atomic mass is 32.1. The van der Waals surface area contributed by atoms with Crippen molar-refractivity contribution in [3.63, 3.8) is 0 Å². The second kappa shape index (κ2) is 7.04. The maximum atomic E-state index is 12.2. The van der Waals surface area contributed by atoms with Gasteiger partial charge in [-0.3, -0.25) is 4.79 Å². The minimum Gasteiger partial charge on any atom is -0.462 e. The van der Waals surface area contributed by atoms with E-state index in [9.17, 15) is 9.59 Å². The van der Waals surface area contributed by atoms with Crippen LogP contribution in [0.25, 0.3) is 0 Å². The number of thiophene rings is 1. The zero-order valence-electron chi connectivity index (χ0n) is 12.9. The smallest absolute Gasteiger partial charge is 0.341 e. The Morgan fingerprint density at radius 2 is 2.14 bits per heavy atom. The van der Waals surface area contributed by atoms with Gasteiger partial charge in [0.05, 0.1) is 30.1 Å². The van der Waals surface area contributed by atoms with E-state index in [4.69, 9.17) is 4.74 Å². The molecular weight excluding hydrogens is 288 g/mol. The van der Waals surface area contributed by atoms with Gasteiger partial charge in [0.2, 0.25) is 5.91 Å². The van der Waals surface area contributed by atoms with Crippen LogP contribution in [-0.2, 0) is 22.5 Å². The highest BCUT2D eigenvalue weighted by Gasteiger charge is 2.30. The number of esters is 1. The summed E-state index contributed by atoms with van der Waals surface area (Å²) in [6.45, 7) is 8.88. The maximum Gasteiger partial charge on any atom is 0.341 e. The standard InChI is InChI=1S/C15H22N2O3S/c1-4-7-17-8-6-11-12(9-17)21-14(16-10(3)18)13(11)15(19)20-5-2/h4-9H2,1-3H3,(H,16,18)/p+1. The molecule has 0 bridgehead atoms. The van der Waals surface area contributed by atoms with Crippen LogP contribution >= 0.6 is 11.3 Å². The molecule has 0 aromatic carbocycles. The van der Waals surface area contributed by atoms with Crippen molar-refractivity contribution in [1.82, 2.24) is 0 Å². The monoisotopic (exact) mass is 311 g/mol. The van der Waals surface area contributed by atoms with E-state index >= 15 is 0 Å². The Morgan fingerprint density at radius 1 is 1.38 bits per heavy atom. The molecule has 21 heavy (non-hydrogen) atoms. The molecule has 1 aromatic heterocycles. The van der Waals surface area contributed by atoms with Gasteiger partial charge in [-0.2, -0.15) is 0 Å². The van der Waals surface area contributed by atoms with Crippen LogP contribution in [0.3, 0.4) is 0 Å². The third-order valence-corrected chi connectivity index (χ3v) is 4.75. The first-order valence-electron chi connectivity index (χ1n) is 7.49. The fraction of sp³-hybridized carbons (Fsp3) is 0.600. The van der Waals surface area contributed by atoms with Gasteiger partial charge in [-0.15, -0.1) is 11.3 Å². The summed E-state index contributed by atoms with van der Waals surface area (Å²) in [7, 11) is 0. The summed E-state index contributed by atoms with van der Waals surface area (Å²) in [4.78, 5) is 26.3. The molecule has 2 rings (SSSR count).